The predicted molar refractivity (Wildman–Crippen MR) is 301 cm³/mol. The van der Waals surface area contributed by atoms with E-state index in [1.807, 2.05) is 0 Å². The molecule has 0 aromatic heterocycles. The van der Waals surface area contributed by atoms with Gasteiger partial charge in [-0.2, -0.15) is 0 Å². The van der Waals surface area contributed by atoms with Crippen molar-refractivity contribution in [3.63, 3.8) is 0 Å². The molecule has 0 spiro atoms. The van der Waals surface area contributed by atoms with Crippen molar-refractivity contribution in [2.45, 2.75) is 353 Å². The Labute approximate surface area is 431 Å². The number of unbranched alkanes of at least 4 members (excludes halogenated alkanes) is 43. The molecule has 0 radical (unpaired) electrons. The minimum absolute atomic E-state index is 0.0373. The molecule has 408 valence electrons. The van der Waals surface area contributed by atoms with Crippen LogP contribution in [0.2, 0.25) is 0 Å². The molecule has 0 bridgehead atoms. The van der Waals surface area contributed by atoms with Gasteiger partial charge < -0.3 is 20.3 Å². The Hall–Kier alpha value is -1.66. The van der Waals surface area contributed by atoms with Crippen LogP contribution in [-0.2, 0) is 14.3 Å². The van der Waals surface area contributed by atoms with Gasteiger partial charge in [0.2, 0.25) is 5.91 Å². The zero-order chi connectivity index (χ0) is 50.0. The lowest BCUT2D eigenvalue weighted by atomic mass is 10.0. The first-order valence-corrected chi connectivity index (χ1v) is 31.1. The summed E-state index contributed by atoms with van der Waals surface area (Å²) in [4.78, 5) is 24.6. The van der Waals surface area contributed by atoms with Crippen LogP contribution in [0.3, 0.4) is 0 Å². The van der Waals surface area contributed by atoms with Crippen LogP contribution < -0.4 is 5.32 Å². The fraction of sp³-hybridized carbons (Fsp3) is 0.905. The van der Waals surface area contributed by atoms with Gasteiger partial charge in [0.05, 0.1) is 25.4 Å². The molecule has 0 aliphatic heterocycles. The molecule has 0 saturated carbocycles. The van der Waals surface area contributed by atoms with Crippen LogP contribution in [-0.4, -0.2) is 47.4 Å². The smallest absolute Gasteiger partial charge is 0.305 e. The van der Waals surface area contributed by atoms with Gasteiger partial charge in [-0.15, -0.1) is 0 Å². The molecule has 3 N–H and O–H groups in total. The molecular weight excluding hydrogens is 851 g/mol. The highest BCUT2D eigenvalue weighted by Crippen LogP contribution is 2.18. The van der Waals surface area contributed by atoms with Crippen molar-refractivity contribution < 1.29 is 24.5 Å². The summed E-state index contributed by atoms with van der Waals surface area (Å²) in [7, 11) is 0. The third-order valence-corrected chi connectivity index (χ3v) is 14.5. The summed E-state index contributed by atoms with van der Waals surface area (Å²) in [6.45, 7) is 4.89. The average molecular weight is 973 g/mol. The Bertz CT molecular complexity index is 1080. The van der Waals surface area contributed by atoms with Crippen LogP contribution in [0, 0.1) is 0 Å². The summed E-state index contributed by atoms with van der Waals surface area (Å²) in [5.74, 6) is -0.129. The maximum absolute atomic E-state index is 12.5. The zero-order valence-corrected chi connectivity index (χ0v) is 46.6. The molecule has 1 amide bonds. The number of aliphatic hydroxyl groups is 2. The van der Waals surface area contributed by atoms with Crippen molar-refractivity contribution in [2.24, 2.45) is 0 Å². The van der Waals surface area contributed by atoms with Crippen LogP contribution >= 0.6 is 0 Å². The first kappa shape index (κ1) is 67.3. The maximum atomic E-state index is 12.5. The summed E-state index contributed by atoms with van der Waals surface area (Å²) in [6, 6.07) is -0.581. The van der Waals surface area contributed by atoms with Crippen molar-refractivity contribution in [1.29, 1.82) is 0 Å². The molecule has 6 heteroatoms. The van der Waals surface area contributed by atoms with E-state index >= 15 is 0 Å². The second-order valence-corrected chi connectivity index (χ2v) is 21.4. The number of carbonyl (C=O) groups is 2. The Morgan fingerprint density at radius 3 is 1.06 bits per heavy atom. The molecule has 0 aromatic rings. The van der Waals surface area contributed by atoms with E-state index in [-0.39, 0.29) is 18.5 Å². The summed E-state index contributed by atoms with van der Waals surface area (Å²) >= 11 is 0. The number of ether oxygens (including phenoxy) is 1. The van der Waals surface area contributed by atoms with Crippen LogP contribution in [0.25, 0.3) is 0 Å². The molecule has 0 aromatic carbocycles. The van der Waals surface area contributed by atoms with Crippen LogP contribution in [0.1, 0.15) is 341 Å². The topological polar surface area (TPSA) is 95.9 Å². The van der Waals surface area contributed by atoms with Crippen molar-refractivity contribution in [1.82, 2.24) is 5.32 Å². The van der Waals surface area contributed by atoms with Gasteiger partial charge in [-0.05, 0) is 70.6 Å². The first-order valence-electron chi connectivity index (χ1n) is 31.1. The van der Waals surface area contributed by atoms with Crippen molar-refractivity contribution >= 4 is 11.9 Å². The molecular formula is C63H121NO5. The van der Waals surface area contributed by atoms with Gasteiger partial charge in [0.1, 0.15) is 0 Å². The molecule has 0 saturated heterocycles. The second kappa shape index (κ2) is 58.9. The molecule has 69 heavy (non-hydrogen) atoms. The quantitative estimate of drug-likeness (QED) is 0.0321. The number of carbonyl (C=O) groups excluding carboxylic acids is 2. The summed E-state index contributed by atoms with van der Waals surface area (Å²) < 4.78 is 5.46. The predicted octanol–water partition coefficient (Wildman–Crippen LogP) is 19.4. The minimum atomic E-state index is -0.697. The van der Waals surface area contributed by atoms with Gasteiger partial charge in [-0.3, -0.25) is 9.59 Å². The third kappa shape index (κ3) is 55.5. The van der Waals surface area contributed by atoms with E-state index < -0.39 is 12.1 Å². The maximum Gasteiger partial charge on any atom is 0.305 e. The molecule has 0 aliphatic carbocycles. The van der Waals surface area contributed by atoms with E-state index in [1.54, 1.807) is 0 Å². The van der Waals surface area contributed by atoms with Crippen molar-refractivity contribution in [3.05, 3.63) is 24.3 Å². The normalized spacial score (nSPS) is 12.7. The lowest BCUT2D eigenvalue weighted by Gasteiger charge is -2.22. The van der Waals surface area contributed by atoms with Gasteiger partial charge in [0.15, 0.2) is 0 Å². The van der Waals surface area contributed by atoms with E-state index in [4.69, 9.17) is 4.74 Å². The van der Waals surface area contributed by atoms with Crippen LogP contribution in [0.5, 0.6) is 0 Å². The average Bonchev–Trinajstić information content (AvgIpc) is 3.35. The van der Waals surface area contributed by atoms with Gasteiger partial charge in [0, 0.05) is 12.8 Å². The minimum Gasteiger partial charge on any atom is -0.466 e. The third-order valence-electron chi connectivity index (χ3n) is 14.5. The molecule has 2 unspecified atom stereocenters. The highest BCUT2D eigenvalue weighted by molar-refractivity contribution is 5.76. The van der Waals surface area contributed by atoms with Crippen molar-refractivity contribution in [2.75, 3.05) is 13.2 Å². The molecule has 6 nitrogen and oxygen atoms in total. The molecule has 0 aliphatic rings. The van der Waals surface area contributed by atoms with E-state index in [1.165, 1.54) is 238 Å². The Morgan fingerprint density at radius 2 is 0.696 bits per heavy atom. The number of esters is 1. The Kier molecular flexibility index (Phi) is 57.5. The number of nitrogens with one attached hydrogen (secondary N) is 1. The van der Waals surface area contributed by atoms with Gasteiger partial charge in [-0.1, -0.05) is 282 Å². The molecule has 0 fully saturated rings. The van der Waals surface area contributed by atoms with Crippen molar-refractivity contribution in [3.8, 4) is 0 Å². The summed E-state index contributed by atoms with van der Waals surface area (Å²) in [5, 5.41) is 23.3. The largest absolute Gasteiger partial charge is 0.466 e. The number of aliphatic hydroxyl groups excluding tert-OH is 2. The molecule has 0 heterocycles. The lowest BCUT2D eigenvalue weighted by molar-refractivity contribution is -0.143. The van der Waals surface area contributed by atoms with Crippen LogP contribution in [0.15, 0.2) is 24.3 Å². The van der Waals surface area contributed by atoms with Crippen LogP contribution in [0.4, 0.5) is 0 Å². The summed E-state index contributed by atoms with van der Waals surface area (Å²) in [6.07, 6.45) is 71.9. The summed E-state index contributed by atoms with van der Waals surface area (Å²) in [5.41, 5.74) is 0. The standard InChI is InChI=1S/C63H121NO5/c1-3-5-7-9-11-13-15-17-19-21-23-24-25-26-27-28-29-30-32-34-36-39-43-47-51-55-61(66)60(59-65)64-62(67)56-52-48-44-40-38-42-46-50-54-58-69-63(68)57-53-49-45-41-37-35-33-31-22-20-18-16-14-12-10-8-6-4-2/h20,22,40,44,60-61,65-66H,3-19,21,23-39,41-43,45-59H2,1-2H3,(H,64,67)/b22-20-,44-40-. The SMILES string of the molecule is CCCCCCCCC/C=C\CCCCCCCCCC(=O)OCCCCCC/C=C\CCCC(=O)NC(CO)C(O)CCCCCCCCCCCCCCCCCCCCCCCCCCC. The van der Waals surface area contributed by atoms with E-state index in [2.05, 4.69) is 43.5 Å². The molecule has 0 rings (SSSR count). The number of rotatable bonds is 58. The number of amides is 1. The zero-order valence-electron chi connectivity index (χ0n) is 46.6. The second-order valence-electron chi connectivity index (χ2n) is 21.4. The van der Waals surface area contributed by atoms with Gasteiger partial charge in [-0.25, -0.2) is 0 Å². The van der Waals surface area contributed by atoms with E-state index in [0.717, 1.165) is 70.6 Å². The Morgan fingerprint density at radius 1 is 0.391 bits per heavy atom. The highest BCUT2D eigenvalue weighted by atomic mass is 16.5. The first-order chi connectivity index (χ1) is 34.0. The molecule has 2 atom stereocenters. The van der Waals surface area contributed by atoms with E-state index in [0.29, 0.717) is 25.9 Å². The highest BCUT2D eigenvalue weighted by Gasteiger charge is 2.20. The van der Waals surface area contributed by atoms with E-state index in [9.17, 15) is 19.8 Å². The fourth-order valence-electron chi connectivity index (χ4n) is 9.70. The number of hydrogen-bond donors (Lipinski definition) is 3. The fourth-order valence-corrected chi connectivity index (χ4v) is 9.70. The number of allylic oxidation sites excluding steroid dienone is 4. The van der Waals surface area contributed by atoms with Gasteiger partial charge >= 0.3 is 5.97 Å². The monoisotopic (exact) mass is 972 g/mol. The van der Waals surface area contributed by atoms with Gasteiger partial charge in [0.25, 0.3) is 0 Å². The Balaban J connectivity index is 3.49. The number of hydrogen-bond acceptors (Lipinski definition) is 5. The lowest BCUT2D eigenvalue weighted by Crippen LogP contribution is -2.45.